The molecule has 1 fully saturated rings. The Bertz CT molecular complexity index is 759. The molecule has 2 aromatic rings. The Hall–Kier alpha value is -1.32. The molecule has 0 bridgehead atoms. The van der Waals surface area contributed by atoms with Gasteiger partial charge >= 0.3 is 0 Å². The molecule has 0 spiro atoms. The van der Waals surface area contributed by atoms with E-state index in [4.69, 9.17) is 4.74 Å². The lowest BCUT2D eigenvalue weighted by molar-refractivity contribution is 0.0171. The Labute approximate surface area is 145 Å². The van der Waals surface area contributed by atoms with Crippen molar-refractivity contribution in [1.82, 2.24) is 9.62 Å². The minimum atomic E-state index is -3.55. The fraction of sp³-hybridized carbons (Fsp3) is 0.375. The molecule has 1 saturated heterocycles. The Kier molecular flexibility index (Phi) is 5.62. The second-order valence-electron chi connectivity index (χ2n) is 5.50. The summed E-state index contributed by atoms with van der Waals surface area (Å²) in [6, 6.07) is 9.34. The number of benzene rings is 1. The van der Waals surface area contributed by atoms with Gasteiger partial charge in [-0.2, -0.15) is 0 Å². The standard InChI is InChI=1S/C16H19FN2O3S2/c17-14-4-1-3-13(11-14)15(19-6-8-22-9-7-19)12-18-24(20,21)16-5-2-10-23-16/h1-5,10-11,15,18H,6-9,12H2/t15-/m0/s1. The van der Waals surface area contributed by atoms with Gasteiger partial charge in [0.15, 0.2) is 0 Å². The first-order chi connectivity index (χ1) is 11.6. The number of ether oxygens (including phenoxy) is 1. The summed E-state index contributed by atoms with van der Waals surface area (Å²) in [5, 5.41) is 1.72. The molecule has 130 valence electrons. The van der Waals surface area contributed by atoms with Gasteiger partial charge in [-0.15, -0.1) is 11.3 Å². The molecule has 0 saturated carbocycles. The van der Waals surface area contributed by atoms with E-state index in [-0.39, 0.29) is 22.6 Å². The van der Waals surface area contributed by atoms with Gasteiger partial charge in [0.2, 0.25) is 10.0 Å². The fourth-order valence-corrected chi connectivity index (χ4v) is 4.81. The monoisotopic (exact) mass is 370 g/mol. The van der Waals surface area contributed by atoms with Gasteiger partial charge < -0.3 is 4.74 Å². The average Bonchev–Trinajstić information content (AvgIpc) is 3.11. The Morgan fingerprint density at radius 2 is 2.04 bits per heavy atom. The summed E-state index contributed by atoms with van der Waals surface area (Å²) in [4.78, 5) is 2.12. The molecule has 5 nitrogen and oxygen atoms in total. The number of nitrogens with zero attached hydrogens (tertiary/aromatic N) is 1. The van der Waals surface area contributed by atoms with Crippen LogP contribution >= 0.6 is 11.3 Å². The zero-order chi connectivity index (χ0) is 17.0. The molecule has 3 rings (SSSR count). The van der Waals surface area contributed by atoms with Crippen molar-refractivity contribution >= 4 is 21.4 Å². The molecule has 1 N–H and O–H groups in total. The number of morpholine rings is 1. The lowest BCUT2D eigenvalue weighted by Crippen LogP contribution is -2.43. The van der Waals surface area contributed by atoms with Gasteiger partial charge in [0, 0.05) is 25.7 Å². The van der Waals surface area contributed by atoms with Crippen molar-refractivity contribution in [2.75, 3.05) is 32.8 Å². The van der Waals surface area contributed by atoms with Crippen molar-refractivity contribution in [2.45, 2.75) is 10.3 Å². The summed E-state index contributed by atoms with van der Waals surface area (Å²) in [6.07, 6.45) is 0. The molecule has 0 radical (unpaired) electrons. The van der Waals surface area contributed by atoms with Crippen LogP contribution < -0.4 is 4.72 Å². The van der Waals surface area contributed by atoms with E-state index in [0.29, 0.717) is 26.3 Å². The number of hydrogen-bond acceptors (Lipinski definition) is 5. The van der Waals surface area contributed by atoms with Crippen molar-refractivity contribution in [3.63, 3.8) is 0 Å². The summed E-state index contributed by atoms with van der Waals surface area (Å²) in [7, 11) is -3.55. The van der Waals surface area contributed by atoms with Gasteiger partial charge in [-0.25, -0.2) is 17.5 Å². The number of thiophene rings is 1. The minimum Gasteiger partial charge on any atom is -0.379 e. The van der Waals surface area contributed by atoms with Crippen LogP contribution in [0.1, 0.15) is 11.6 Å². The zero-order valence-electron chi connectivity index (χ0n) is 13.0. The van der Waals surface area contributed by atoms with E-state index in [0.717, 1.165) is 5.56 Å². The van der Waals surface area contributed by atoms with Crippen LogP contribution in [0.4, 0.5) is 4.39 Å². The van der Waals surface area contributed by atoms with Crippen molar-refractivity contribution < 1.29 is 17.5 Å². The van der Waals surface area contributed by atoms with Gasteiger partial charge in [0.25, 0.3) is 0 Å². The van der Waals surface area contributed by atoms with E-state index in [2.05, 4.69) is 9.62 Å². The molecule has 8 heteroatoms. The molecule has 1 atom stereocenters. The summed E-state index contributed by atoms with van der Waals surface area (Å²) in [6.45, 7) is 2.72. The third-order valence-electron chi connectivity index (χ3n) is 3.95. The van der Waals surface area contributed by atoms with Crippen molar-refractivity contribution in [3.8, 4) is 0 Å². The molecular weight excluding hydrogens is 351 g/mol. The fourth-order valence-electron chi connectivity index (χ4n) is 2.74. The molecule has 24 heavy (non-hydrogen) atoms. The minimum absolute atomic E-state index is 0.184. The van der Waals surface area contributed by atoms with E-state index in [1.54, 1.807) is 23.6 Å². The van der Waals surface area contributed by atoms with Gasteiger partial charge in [0.1, 0.15) is 10.0 Å². The molecule has 1 aromatic heterocycles. The smallest absolute Gasteiger partial charge is 0.250 e. The maximum Gasteiger partial charge on any atom is 0.250 e. The normalized spacial score (nSPS) is 17.7. The third kappa shape index (κ3) is 4.20. The lowest BCUT2D eigenvalue weighted by atomic mass is 10.0. The maximum atomic E-state index is 13.6. The molecule has 2 heterocycles. The van der Waals surface area contributed by atoms with E-state index in [1.807, 2.05) is 6.07 Å². The summed E-state index contributed by atoms with van der Waals surface area (Å²) in [5.41, 5.74) is 0.755. The number of hydrogen-bond donors (Lipinski definition) is 1. The molecule has 1 aromatic carbocycles. The van der Waals surface area contributed by atoms with Crippen LogP contribution in [-0.2, 0) is 14.8 Å². The second-order valence-corrected chi connectivity index (χ2v) is 8.44. The number of halogens is 1. The predicted molar refractivity (Wildman–Crippen MR) is 91.0 cm³/mol. The van der Waals surface area contributed by atoms with Crippen LogP contribution in [0.2, 0.25) is 0 Å². The summed E-state index contributed by atoms with van der Waals surface area (Å²) < 4.78 is 46.6. The highest BCUT2D eigenvalue weighted by Crippen LogP contribution is 2.23. The SMILES string of the molecule is O=S(=O)(NC[C@@H](c1cccc(F)c1)N1CCOCC1)c1cccs1. The molecule has 0 unspecified atom stereocenters. The molecular formula is C16H19FN2O3S2. The highest BCUT2D eigenvalue weighted by Gasteiger charge is 2.25. The van der Waals surface area contributed by atoms with Crippen LogP contribution in [-0.4, -0.2) is 46.2 Å². The van der Waals surface area contributed by atoms with E-state index >= 15 is 0 Å². The molecule has 1 aliphatic rings. The van der Waals surface area contributed by atoms with Gasteiger partial charge in [-0.1, -0.05) is 18.2 Å². The molecule has 0 amide bonds. The van der Waals surface area contributed by atoms with Crippen molar-refractivity contribution in [2.24, 2.45) is 0 Å². The van der Waals surface area contributed by atoms with E-state index < -0.39 is 10.0 Å². The van der Waals surface area contributed by atoms with E-state index in [9.17, 15) is 12.8 Å². The quantitative estimate of drug-likeness (QED) is 0.847. The van der Waals surface area contributed by atoms with Crippen LogP contribution in [0.15, 0.2) is 46.0 Å². The average molecular weight is 370 g/mol. The first kappa shape index (κ1) is 17.5. The molecule has 1 aliphatic heterocycles. The van der Waals surface area contributed by atoms with Crippen LogP contribution in [0, 0.1) is 5.82 Å². The second kappa shape index (κ2) is 7.71. The largest absolute Gasteiger partial charge is 0.379 e. The Morgan fingerprint density at radius 3 is 2.71 bits per heavy atom. The van der Waals surface area contributed by atoms with Crippen LogP contribution in [0.5, 0.6) is 0 Å². The predicted octanol–water partition coefficient (Wildman–Crippen LogP) is 2.24. The summed E-state index contributed by atoms with van der Waals surface area (Å²) in [5.74, 6) is -0.327. The van der Waals surface area contributed by atoms with Crippen molar-refractivity contribution in [1.29, 1.82) is 0 Å². The number of nitrogens with one attached hydrogen (secondary N) is 1. The highest BCUT2D eigenvalue weighted by molar-refractivity contribution is 7.91. The van der Waals surface area contributed by atoms with Gasteiger partial charge in [0.05, 0.1) is 13.2 Å². The topological polar surface area (TPSA) is 58.6 Å². The van der Waals surface area contributed by atoms with E-state index in [1.165, 1.54) is 23.5 Å². The number of rotatable bonds is 6. The Balaban J connectivity index is 1.79. The lowest BCUT2D eigenvalue weighted by Gasteiger charge is -2.34. The summed E-state index contributed by atoms with van der Waals surface area (Å²) >= 11 is 1.17. The van der Waals surface area contributed by atoms with Crippen molar-refractivity contribution in [3.05, 3.63) is 53.2 Å². The van der Waals surface area contributed by atoms with Gasteiger partial charge in [-0.05, 0) is 29.1 Å². The first-order valence-electron chi connectivity index (χ1n) is 7.67. The maximum absolute atomic E-state index is 13.6. The third-order valence-corrected chi connectivity index (χ3v) is 6.77. The molecule has 0 aliphatic carbocycles. The highest BCUT2D eigenvalue weighted by atomic mass is 32.2. The Morgan fingerprint density at radius 1 is 1.25 bits per heavy atom. The van der Waals surface area contributed by atoms with Crippen LogP contribution in [0.25, 0.3) is 0 Å². The van der Waals surface area contributed by atoms with Crippen LogP contribution in [0.3, 0.4) is 0 Å². The van der Waals surface area contributed by atoms with Gasteiger partial charge in [-0.3, -0.25) is 4.90 Å². The zero-order valence-corrected chi connectivity index (χ0v) is 14.7. The first-order valence-corrected chi connectivity index (χ1v) is 10.0. The number of sulfonamides is 1.